The Labute approximate surface area is 113 Å². The molecule has 3 nitrogen and oxygen atoms in total. The summed E-state index contributed by atoms with van der Waals surface area (Å²) in [4.78, 5) is 13.3. The van der Waals surface area contributed by atoms with Gasteiger partial charge in [0.25, 0.3) is 0 Å². The molecule has 1 N–H and O–H groups in total. The van der Waals surface area contributed by atoms with Crippen LogP contribution in [0.3, 0.4) is 0 Å². The highest BCUT2D eigenvalue weighted by Crippen LogP contribution is 2.18. The number of carbonyl (C=O) groups is 1. The second-order valence-corrected chi connectivity index (χ2v) is 4.79. The number of aryl methyl sites for hydroxylation is 1. The average molecular weight is 270 g/mol. The zero-order valence-corrected chi connectivity index (χ0v) is 11.9. The van der Waals surface area contributed by atoms with Crippen molar-refractivity contribution in [2.45, 2.75) is 33.2 Å². The van der Waals surface area contributed by atoms with Gasteiger partial charge in [-0.1, -0.05) is 31.5 Å². The molecule has 1 aromatic rings. The Hall–Kier alpha value is -1.06. The Kier molecular flexibility index (Phi) is 5.63. The topological polar surface area (TPSA) is 40.5 Å². The molecule has 0 heterocycles. The molecule has 0 aromatic heterocycles. The Morgan fingerprint density at radius 2 is 2.00 bits per heavy atom. The largest absolute Gasteiger partial charge is 0.480 e. The van der Waals surface area contributed by atoms with Gasteiger partial charge in [0.15, 0.2) is 0 Å². The second kappa shape index (κ2) is 6.76. The smallest absolute Gasteiger partial charge is 0.321 e. The van der Waals surface area contributed by atoms with Crippen LogP contribution < -0.4 is 0 Å². The molecule has 0 radical (unpaired) electrons. The number of carboxylic acids is 1. The van der Waals surface area contributed by atoms with Crippen molar-refractivity contribution < 1.29 is 9.90 Å². The van der Waals surface area contributed by atoms with Gasteiger partial charge in [0.2, 0.25) is 0 Å². The van der Waals surface area contributed by atoms with Gasteiger partial charge >= 0.3 is 5.97 Å². The van der Waals surface area contributed by atoms with Crippen molar-refractivity contribution in [2.75, 3.05) is 13.1 Å². The van der Waals surface area contributed by atoms with Crippen LogP contribution in [0.25, 0.3) is 0 Å². The molecule has 1 aromatic carbocycles. The third-order valence-corrected chi connectivity index (χ3v) is 3.50. The summed E-state index contributed by atoms with van der Waals surface area (Å²) in [6.45, 7) is 7.39. The fourth-order valence-electron chi connectivity index (χ4n) is 2.11. The van der Waals surface area contributed by atoms with E-state index in [0.717, 1.165) is 24.2 Å². The van der Waals surface area contributed by atoms with Gasteiger partial charge in [-0.25, -0.2) is 0 Å². The number of aliphatic carboxylic acids is 1. The second-order valence-electron chi connectivity index (χ2n) is 4.35. The third kappa shape index (κ3) is 3.72. The van der Waals surface area contributed by atoms with Crippen LogP contribution in [0, 0.1) is 6.92 Å². The molecule has 0 fully saturated rings. The lowest BCUT2D eigenvalue weighted by molar-refractivity contribution is -0.143. The number of nitrogens with zero attached hydrogens (tertiary/aromatic N) is 1. The van der Waals surface area contributed by atoms with E-state index in [4.69, 9.17) is 11.6 Å². The summed E-state index contributed by atoms with van der Waals surface area (Å²) in [6, 6.07) is 5.13. The molecule has 18 heavy (non-hydrogen) atoms. The molecule has 0 aliphatic carbocycles. The van der Waals surface area contributed by atoms with E-state index in [1.165, 1.54) is 0 Å². The van der Waals surface area contributed by atoms with Crippen molar-refractivity contribution in [3.8, 4) is 0 Å². The predicted octanol–water partition coefficient (Wildman–Crippen LogP) is 2.99. The SMILES string of the molecule is CCN(CC)[C@@H](Cc1cc(Cl)ccc1C)C(=O)O. The first kappa shape index (κ1) is 15.0. The summed E-state index contributed by atoms with van der Waals surface area (Å²) in [5.74, 6) is -0.780. The number of carboxylic acid groups (broad SMARTS) is 1. The van der Waals surface area contributed by atoms with Gasteiger partial charge in [-0.15, -0.1) is 0 Å². The monoisotopic (exact) mass is 269 g/mol. The molecule has 1 atom stereocenters. The first-order valence-corrected chi connectivity index (χ1v) is 6.59. The van der Waals surface area contributed by atoms with Crippen molar-refractivity contribution in [3.63, 3.8) is 0 Å². The lowest BCUT2D eigenvalue weighted by Gasteiger charge is -2.26. The molecule has 100 valence electrons. The number of hydrogen-bond donors (Lipinski definition) is 1. The summed E-state index contributed by atoms with van der Waals surface area (Å²) in [7, 11) is 0. The molecule has 0 spiro atoms. The number of likely N-dealkylation sites (N-methyl/N-ethyl adjacent to an activating group) is 1. The van der Waals surface area contributed by atoms with Crippen LogP contribution >= 0.6 is 11.6 Å². The van der Waals surface area contributed by atoms with Gasteiger partial charge in [-0.2, -0.15) is 0 Å². The highest BCUT2D eigenvalue weighted by Gasteiger charge is 2.24. The Morgan fingerprint density at radius 3 is 2.50 bits per heavy atom. The van der Waals surface area contributed by atoms with Gasteiger partial charge in [0.05, 0.1) is 0 Å². The van der Waals surface area contributed by atoms with E-state index in [-0.39, 0.29) is 0 Å². The summed E-state index contributed by atoms with van der Waals surface area (Å²) >= 11 is 5.97. The normalized spacial score (nSPS) is 12.7. The molecule has 0 unspecified atom stereocenters. The van der Waals surface area contributed by atoms with Gasteiger partial charge in [-0.3, -0.25) is 9.69 Å². The molecular weight excluding hydrogens is 250 g/mol. The fraction of sp³-hybridized carbons (Fsp3) is 0.500. The van der Waals surface area contributed by atoms with Gasteiger partial charge < -0.3 is 5.11 Å². The summed E-state index contributed by atoms with van der Waals surface area (Å²) in [5.41, 5.74) is 2.08. The lowest BCUT2D eigenvalue weighted by atomic mass is 10.00. The molecule has 0 saturated heterocycles. The first-order valence-electron chi connectivity index (χ1n) is 6.21. The number of hydrogen-bond acceptors (Lipinski definition) is 2. The molecule has 0 aliphatic rings. The van der Waals surface area contributed by atoms with Gasteiger partial charge in [0.1, 0.15) is 6.04 Å². The number of halogens is 1. The molecule has 0 aliphatic heterocycles. The quantitative estimate of drug-likeness (QED) is 0.863. The van der Waals surface area contributed by atoms with Crippen LogP contribution in [0.2, 0.25) is 5.02 Å². The molecular formula is C14H20ClNO2. The van der Waals surface area contributed by atoms with Crippen LogP contribution in [0.15, 0.2) is 18.2 Å². The number of benzene rings is 1. The highest BCUT2D eigenvalue weighted by molar-refractivity contribution is 6.30. The Balaban J connectivity index is 2.96. The zero-order valence-electron chi connectivity index (χ0n) is 11.1. The van der Waals surface area contributed by atoms with E-state index in [0.29, 0.717) is 11.4 Å². The van der Waals surface area contributed by atoms with E-state index in [1.54, 1.807) is 0 Å². The molecule has 0 amide bonds. The van der Waals surface area contributed by atoms with E-state index in [2.05, 4.69) is 0 Å². The molecule has 4 heteroatoms. The van der Waals surface area contributed by atoms with Crippen molar-refractivity contribution in [2.24, 2.45) is 0 Å². The minimum absolute atomic E-state index is 0.489. The van der Waals surface area contributed by atoms with Crippen molar-refractivity contribution in [1.82, 2.24) is 4.90 Å². The van der Waals surface area contributed by atoms with Crippen LogP contribution in [0.4, 0.5) is 0 Å². The summed E-state index contributed by atoms with van der Waals surface area (Å²) < 4.78 is 0. The Bertz CT molecular complexity index is 416. The maximum absolute atomic E-state index is 11.4. The first-order chi connectivity index (χ1) is 8.49. The van der Waals surface area contributed by atoms with Crippen molar-refractivity contribution >= 4 is 17.6 Å². The summed E-state index contributed by atoms with van der Waals surface area (Å²) in [6.07, 6.45) is 0.489. The van der Waals surface area contributed by atoms with Crippen LogP contribution in [-0.4, -0.2) is 35.1 Å². The van der Waals surface area contributed by atoms with Crippen molar-refractivity contribution in [3.05, 3.63) is 34.3 Å². The third-order valence-electron chi connectivity index (χ3n) is 3.26. The van der Waals surface area contributed by atoms with Gasteiger partial charge in [-0.05, 0) is 49.7 Å². The van der Waals surface area contributed by atoms with Crippen LogP contribution in [-0.2, 0) is 11.2 Å². The maximum atomic E-state index is 11.4. The zero-order chi connectivity index (χ0) is 13.7. The summed E-state index contributed by atoms with van der Waals surface area (Å²) in [5, 5.41) is 10.0. The maximum Gasteiger partial charge on any atom is 0.321 e. The predicted molar refractivity (Wildman–Crippen MR) is 74.2 cm³/mol. The standard InChI is InChI=1S/C14H20ClNO2/c1-4-16(5-2)13(14(17)18)9-11-8-12(15)7-6-10(11)3/h6-8,13H,4-5,9H2,1-3H3,(H,17,18)/t13-/m0/s1. The molecule has 1 rings (SSSR count). The Morgan fingerprint density at radius 1 is 1.39 bits per heavy atom. The number of rotatable bonds is 6. The van der Waals surface area contributed by atoms with Crippen LogP contribution in [0.1, 0.15) is 25.0 Å². The van der Waals surface area contributed by atoms with E-state index < -0.39 is 12.0 Å². The van der Waals surface area contributed by atoms with Crippen molar-refractivity contribution in [1.29, 1.82) is 0 Å². The highest BCUT2D eigenvalue weighted by atomic mass is 35.5. The average Bonchev–Trinajstić information content (AvgIpc) is 2.33. The molecule has 0 saturated carbocycles. The molecule has 0 bridgehead atoms. The fourth-order valence-corrected chi connectivity index (χ4v) is 2.30. The minimum Gasteiger partial charge on any atom is -0.480 e. The van der Waals surface area contributed by atoms with E-state index in [9.17, 15) is 9.90 Å². The van der Waals surface area contributed by atoms with E-state index in [1.807, 2.05) is 43.9 Å². The minimum atomic E-state index is -0.780. The van der Waals surface area contributed by atoms with Gasteiger partial charge in [0, 0.05) is 5.02 Å². The van der Waals surface area contributed by atoms with Crippen LogP contribution in [0.5, 0.6) is 0 Å². The van der Waals surface area contributed by atoms with E-state index >= 15 is 0 Å². The lowest BCUT2D eigenvalue weighted by Crippen LogP contribution is -2.42.